The van der Waals surface area contributed by atoms with Crippen LogP contribution in [0.2, 0.25) is 16.6 Å². The number of alkyl carbamates (subject to hydrolysis) is 1. The number of carboxylic acid groups (broad SMARTS) is 1. The Morgan fingerprint density at radius 2 is 1.57 bits per heavy atom. The Bertz CT molecular complexity index is 1260. The van der Waals surface area contributed by atoms with E-state index in [1.807, 2.05) is 45.9 Å². The lowest BCUT2D eigenvalue weighted by molar-refractivity contribution is -0.147. The average molecular weight is 676 g/mol. The van der Waals surface area contributed by atoms with E-state index in [1.54, 1.807) is 20.8 Å². The van der Waals surface area contributed by atoms with E-state index in [-0.39, 0.29) is 6.42 Å². The topological polar surface area (TPSA) is 136 Å². The molecule has 2 aliphatic rings. The van der Waals surface area contributed by atoms with Crippen molar-refractivity contribution in [3.63, 3.8) is 0 Å². The van der Waals surface area contributed by atoms with Gasteiger partial charge in [-0.25, -0.2) is 10.2 Å². The monoisotopic (exact) mass is 675 g/mol. The van der Waals surface area contributed by atoms with Crippen LogP contribution >= 0.6 is 0 Å². The summed E-state index contributed by atoms with van der Waals surface area (Å²) in [7, 11) is -3.06. The molecule has 0 saturated carbocycles. The molecule has 47 heavy (non-hydrogen) atoms. The molecule has 0 unspecified atom stereocenters. The molecule has 13 heteroatoms. The number of carbonyl (C=O) groups excluding carboxylic acids is 2. The van der Waals surface area contributed by atoms with E-state index in [9.17, 15) is 19.5 Å². The lowest BCUT2D eigenvalue weighted by atomic mass is 9.78. The van der Waals surface area contributed by atoms with E-state index in [0.717, 1.165) is 11.0 Å². The first-order valence-electron chi connectivity index (χ1n) is 17.0. The summed E-state index contributed by atoms with van der Waals surface area (Å²) in [4.78, 5) is 38.8. The van der Waals surface area contributed by atoms with Crippen LogP contribution in [-0.2, 0) is 30.1 Å². The number of ether oxygens (including phenoxy) is 1. The van der Waals surface area contributed by atoms with Crippen molar-refractivity contribution in [2.45, 2.75) is 155 Å². The van der Waals surface area contributed by atoms with Gasteiger partial charge in [0.1, 0.15) is 23.4 Å². The van der Waals surface area contributed by atoms with Gasteiger partial charge in [0.2, 0.25) is 0 Å². The highest BCUT2D eigenvalue weighted by Gasteiger charge is 2.52. The number of carbonyl (C=O) groups is 3. The number of nitrogens with zero attached hydrogens (tertiary/aromatic N) is 1. The van der Waals surface area contributed by atoms with E-state index in [4.69, 9.17) is 18.5 Å². The van der Waals surface area contributed by atoms with E-state index in [2.05, 4.69) is 52.3 Å². The fourth-order valence-corrected chi connectivity index (χ4v) is 12.0. The van der Waals surface area contributed by atoms with Crippen LogP contribution in [0.1, 0.15) is 108 Å². The van der Waals surface area contributed by atoms with Gasteiger partial charge in [0.15, 0.2) is 0 Å². The first-order chi connectivity index (χ1) is 21.5. The summed E-state index contributed by atoms with van der Waals surface area (Å²) in [6, 6.07) is 3.88. The van der Waals surface area contributed by atoms with Gasteiger partial charge < -0.3 is 28.9 Å². The second-order valence-electron chi connectivity index (χ2n) is 16.0. The predicted octanol–water partition coefficient (Wildman–Crippen LogP) is 5.56. The molecule has 3 rings (SSSR count). The second kappa shape index (κ2) is 14.5. The van der Waals surface area contributed by atoms with Crippen molar-refractivity contribution in [3.05, 3.63) is 23.8 Å². The van der Waals surface area contributed by atoms with Crippen LogP contribution in [0.3, 0.4) is 0 Å². The fourth-order valence-electron chi connectivity index (χ4n) is 6.73. The number of amides is 2. The Labute approximate surface area is 283 Å². The molecule has 2 amide bonds. The maximum atomic E-state index is 14.0. The lowest BCUT2D eigenvalue weighted by Crippen LogP contribution is -2.60. The number of benzene rings is 1. The van der Waals surface area contributed by atoms with Crippen LogP contribution in [0, 0.1) is 0 Å². The van der Waals surface area contributed by atoms with Crippen LogP contribution in [-0.4, -0.2) is 79.0 Å². The van der Waals surface area contributed by atoms with E-state index >= 15 is 0 Å². The normalized spacial score (nSPS) is 20.5. The van der Waals surface area contributed by atoms with Gasteiger partial charge in [-0.2, -0.15) is 0 Å². The molecule has 1 aromatic rings. The van der Waals surface area contributed by atoms with Gasteiger partial charge in [0, 0.05) is 13.0 Å². The molecule has 2 fully saturated rings. The molecule has 0 spiro atoms. The Kier molecular flexibility index (Phi) is 12.0. The zero-order valence-corrected chi connectivity index (χ0v) is 31.8. The molecule has 11 nitrogen and oxygen atoms in total. The first kappa shape index (κ1) is 38.8. The molecular formula is C34H58BN3O8Si. The van der Waals surface area contributed by atoms with Crippen molar-refractivity contribution in [1.29, 1.82) is 0 Å². The summed E-state index contributed by atoms with van der Waals surface area (Å²) in [5, 5.41) is 13.7. The van der Waals surface area contributed by atoms with Crippen molar-refractivity contribution in [3.8, 4) is 5.75 Å². The standard InChI is InChI=1S/C34H58BN3O8Si/c1-21(2)47(22(3)4,23(5)6)44-26-18-24(17-25(20-26)35-45-33(10,11)34(12,13)46-35)19-28(36-31(42)43-32(7,8)9)29(39)38-16-14-15-27(37-38)30(40)41/h17-18,20-23,27-28,37H,14-16,19H2,1-13H3,(H,36,42)(H,40,41)/t27-,28-/m0/s1. The van der Waals surface area contributed by atoms with Crippen molar-refractivity contribution < 1.29 is 38.0 Å². The third kappa shape index (κ3) is 9.10. The zero-order chi connectivity index (χ0) is 35.7. The van der Waals surface area contributed by atoms with Gasteiger partial charge in [0.25, 0.3) is 14.2 Å². The number of nitrogens with one attached hydrogen (secondary N) is 2. The predicted molar refractivity (Wildman–Crippen MR) is 186 cm³/mol. The molecule has 0 bridgehead atoms. The number of carboxylic acids is 1. The molecule has 264 valence electrons. The Hall–Kier alpha value is -2.61. The highest BCUT2D eigenvalue weighted by Crippen LogP contribution is 2.43. The van der Waals surface area contributed by atoms with Crippen LogP contribution in [0.5, 0.6) is 5.75 Å². The van der Waals surface area contributed by atoms with Crippen molar-refractivity contribution >= 4 is 38.9 Å². The minimum absolute atomic E-state index is 0.0945. The van der Waals surface area contributed by atoms with E-state index in [1.165, 1.54) is 5.01 Å². The van der Waals surface area contributed by atoms with Crippen LogP contribution in [0.4, 0.5) is 4.79 Å². The number of hydrogen-bond acceptors (Lipinski definition) is 8. The molecule has 0 aliphatic carbocycles. The number of hydrazine groups is 1. The van der Waals surface area contributed by atoms with Gasteiger partial charge in [-0.3, -0.25) is 14.6 Å². The SMILES string of the molecule is CC(C)[Si](Oc1cc(C[C@H](NC(=O)OC(C)(C)C)C(=O)N2CCC[C@@H](C(=O)O)N2)cc(B2OC(C)(C)C(C)(C)O2)c1)(C(C)C)C(C)C. The summed E-state index contributed by atoms with van der Waals surface area (Å²) in [6.45, 7) is 26.9. The van der Waals surface area contributed by atoms with Gasteiger partial charge in [-0.1, -0.05) is 47.6 Å². The minimum atomic E-state index is -2.38. The number of aliphatic carboxylic acids is 1. The summed E-state index contributed by atoms with van der Waals surface area (Å²) in [6.07, 6.45) is 0.258. The zero-order valence-electron chi connectivity index (χ0n) is 30.8. The lowest BCUT2D eigenvalue weighted by Gasteiger charge is -2.42. The fraction of sp³-hybridized carbons (Fsp3) is 0.735. The summed E-state index contributed by atoms with van der Waals surface area (Å²) in [5.41, 5.74) is 3.34. The number of hydrogen-bond donors (Lipinski definition) is 3. The minimum Gasteiger partial charge on any atom is -0.543 e. The quantitative estimate of drug-likeness (QED) is 0.258. The third-order valence-corrected chi connectivity index (χ3v) is 15.7. The second-order valence-corrected chi connectivity index (χ2v) is 21.3. The van der Waals surface area contributed by atoms with Gasteiger partial charge >= 0.3 is 19.2 Å². The molecule has 0 radical (unpaired) electrons. The van der Waals surface area contributed by atoms with Crippen LogP contribution in [0.15, 0.2) is 18.2 Å². The first-order valence-corrected chi connectivity index (χ1v) is 19.1. The molecule has 2 saturated heterocycles. The van der Waals surface area contributed by atoms with Gasteiger partial charge in [-0.05, 0) is 101 Å². The highest BCUT2D eigenvalue weighted by atomic mass is 28.4. The molecule has 3 N–H and O–H groups in total. The van der Waals surface area contributed by atoms with Gasteiger partial charge in [0.05, 0.1) is 11.2 Å². The van der Waals surface area contributed by atoms with Crippen LogP contribution in [0.25, 0.3) is 0 Å². The van der Waals surface area contributed by atoms with E-state index < -0.39 is 62.3 Å². The molecular weight excluding hydrogens is 617 g/mol. The largest absolute Gasteiger partial charge is 0.543 e. The van der Waals surface area contributed by atoms with Crippen molar-refractivity contribution in [2.24, 2.45) is 0 Å². The average Bonchev–Trinajstić information content (AvgIpc) is 3.15. The smallest absolute Gasteiger partial charge is 0.494 e. The summed E-state index contributed by atoms with van der Waals surface area (Å²) >= 11 is 0. The Morgan fingerprint density at radius 1 is 1.02 bits per heavy atom. The van der Waals surface area contributed by atoms with E-state index in [0.29, 0.717) is 41.8 Å². The Morgan fingerprint density at radius 3 is 2.06 bits per heavy atom. The summed E-state index contributed by atoms with van der Waals surface area (Å²) < 4.78 is 25.5. The third-order valence-electron chi connectivity index (χ3n) is 9.69. The molecule has 0 aromatic heterocycles. The number of rotatable bonds is 11. The maximum absolute atomic E-state index is 14.0. The summed E-state index contributed by atoms with van der Waals surface area (Å²) in [5.74, 6) is -0.828. The maximum Gasteiger partial charge on any atom is 0.494 e. The Balaban J connectivity index is 2.10. The van der Waals surface area contributed by atoms with Crippen LogP contribution < -0.4 is 20.6 Å². The molecule has 2 heterocycles. The van der Waals surface area contributed by atoms with Gasteiger partial charge in [-0.15, -0.1) is 0 Å². The molecule has 1 aromatic carbocycles. The molecule has 2 aliphatic heterocycles. The highest BCUT2D eigenvalue weighted by molar-refractivity contribution is 6.78. The van der Waals surface area contributed by atoms with Crippen molar-refractivity contribution in [2.75, 3.05) is 6.54 Å². The van der Waals surface area contributed by atoms with Crippen molar-refractivity contribution in [1.82, 2.24) is 15.8 Å². The molecule has 2 atom stereocenters.